The Balaban J connectivity index is 0.00000306. The van der Waals surface area contributed by atoms with Crippen molar-refractivity contribution in [3.8, 4) is 0 Å². The predicted molar refractivity (Wildman–Crippen MR) is 141 cm³/mol. The van der Waals surface area contributed by atoms with E-state index in [1.54, 1.807) is 19.2 Å². The summed E-state index contributed by atoms with van der Waals surface area (Å²) in [4.78, 5) is 16.0. The number of aliphatic imine (C=N–C) groups is 1. The molecule has 2 atom stereocenters. The third-order valence-electron chi connectivity index (χ3n) is 6.10. The molecule has 2 unspecified atom stereocenters. The molecule has 1 N–H and O–H groups in total. The van der Waals surface area contributed by atoms with Gasteiger partial charge in [-0.25, -0.2) is 9.37 Å². The first kappa shape index (κ1) is 25.6. The number of anilines is 1. The van der Waals surface area contributed by atoms with Gasteiger partial charge >= 0.3 is 0 Å². The van der Waals surface area contributed by atoms with Crippen molar-refractivity contribution in [3.63, 3.8) is 0 Å². The molecule has 33 heavy (non-hydrogen) atoms. The maximum absolute atomic E-state index is 13.3. The lowest BCUT2D eigenvalue weighted by atomic mass is 10.1. The van der Waals surface area contributed by atoms with Gasteiger partial charge in [0.1, 0.15) is 17.7 Å². The van der Waals surface area contributed by atoms with Crippen LogP contribution in [-0.2, 0) is 11.3 Å². The number of hydrogen-bond acceptors (Lipinski definition) is 5. The highest BCUT2D eigenvalue weighted by atomic mass is 127. The number of rotatable bonds is 4. The lowest BCUT2D eigenvalue weighted by Crippen LogP contribution is -2.50. The van der Waals surface area contributed by atoms with Crippen LogP contribution in [0.15, 0.2) is 47.6 Å². The highest BCUT2D eigenvalue weighted by Gasteiger charge is 2.28. The topological polar surface area (TPSA) is 56.2 Å². The van der Waals surface area contributed by atoms with E-state index >= 15 is 0 Å². The van der Waals surface area contributed by atoms with Crippen molar-refractivity contribution in [2.45, 2.75) is 25.7 Å². The lowest BCUT2D eigenvalue weighted by molar-refractivity contribution is -0.0605. The molecule has 4 rings (SSSR count). The Morgan fingerprint density at radius 3 is 2.58 bits per heavy atom. The Labute approximate surface area is 213 Å². The number of guanidine groups is 1. The molecule has 9 heteroatoms. The summed E-state index contributed by atoms with van der Waals surface area (Å²) >= 11 is 0. The van der Waals surface area contributed by atoms with Crippen LogP contribution in [0.5, 0.6) is 0 Å². The molecule has 2 fully saturated rings. The summed E-state index contributed by atoms with van der Waals surface area (Å²) in [5.41, 5.74) is 2.15. The first-order valence-corrected chi connectivity index (χ1v) is 11.3. The largest absolute Gasteiger partial charge is 0.367 e. The van der Waals surface area contributed by atoms with Gasteiger partial charge in [-0.3, -0.25) is 4.99 Å². The molecule has 0 aliphatic carbocycles. The molecule has 0 saturated carbocycles. The van der Waals surface area contributed by atoms with Gasteiger partial charge in [-0.15, -0.1) is 24.0 Å². The maximum Gasteiger partial charge on any atom is 0.194 e. The average molecular weight is 568 g/mol. The van der Waals surface area contributed by atoms with Crippen LogP contribution in [0.3, 0.4) is 0 Å². The number of halogens is 2. The summed E-state index contributed by atoms with van der Waals surface area (Å²) in [6, 6.07) is 10.8. The van der Waals surface area contributed by atoms with E-state index in [-0.39, 0.29) is 42.0 Å². The summed E-state index contributed by atoms with van der Waals surface area (Å²) in [6.45, 7) is 8.25. The normalized spacial score (nSPS) is 22.1. The van der Waals surface area contributed by atoms with E-state index in [0.717, 1.165) is 50.1 Å². The molecular weight excluding hydrogens is 534 g/mol. The van der Waals surface area contributed by atoms with Crippen molar-refractivity contribution in [1.29, 1.82) is 0 Å². The van der Waals surface area contributed by atoms with Gasteiger partial charge < -0.3 is 24.8 Å². The van der Waals surface area contributed by atoms with Crippen LogP contribution >= 0.6 is 24.0 Å². The zero-order chi connectivity index (χ0) is 22.5. The second-order valence-corrected chi connectivity index (χ2v) is 8.61. The Hall–Kier alpha value is -1.98. The molecule has 2 aliphatic heterocycles. The lowest BCUT2D eigenvalue weighted by Gasteiger charge is -2.38. The Morgan fingerprint density at radius 2 is 1.88 bits per heavy atom. The van der Waals surface area contributed by atoms with Crippen LogP contribution in [0.1, 0.15) is 24.2 Å². The van der Waals surface area contributed by atoms with Crippen molar-refractivity contribution in [2.75, 3.05) is 58.3 Å². The monoisotopic (exact) mass is 568 g/mol. The van der Waals surface area contributed by atoms with Gasteiger partial charge in [0.2, 0.25) is 0 Å². The number of likely N-dealkylation sites (N-methyl/N-ethyl adjacent to an activating group) is 1. The highest BCUT2D eigenvalue weighted by Crippen LogP contribution is 2.25. The molecule has 7 nitrogen and oxygen atoms in total. The first-order chi connectivity index (χ1) is 15.5. The van der Waals surface area contributed by atoms with Crippen molar-refractivity contribution < 1.29 is 9.13 Å². The number of ether oxygens (including phenoxy) is 1. The van der Waals surface area contributed by atoms with E-state index < -0.39 is 0 Å². The molecule has 2 aromatic rings. The molecule has 2 aliphatic rings. The molecule has 1 aromatic heterocycles. The fraction of sp³-hybridized carbons (Fsp3) is 0.500. The number of morpholine rings is 1. The first-order valence-electron chi connectivity index (χ1n) is 11.3. The molecule has 1 aromatic carbocycles. The Bertz CT molecular complexity index is 919. The Morgan fingerprint density at radius 1 is 1.15 bits per heavy atom. The van der Waals surface area contributed by atoms with Crippen LogP contribution in [0.4, 0.5) is 10.2 Å². The molecule has 0 radical (unpaired) electrons. The van der Waals surface area contributed by atoms with Gasteiger partial charge in [0.25, 0.3) is 0 Å². The number of benzene rings is 1. The number of hydrogen-bond donors (Lipinski definition) is 1. The van der Waals surface area contributed by atoms with E-state index in [1.807, 2.05) is 12.3 Å². The van der Waals surface area contributed by atoms with Gasteiger partial charge in [-0.2, -0.15) is 0 Å². The predicted octanol–water partition coefficient (Wildman–Crippen LogP) is 3.13. The second kappa shape index (κ2) is 11.9. The minimum absolute atomic E-state index is 0. The highest BCUT2D eigenvalue weighted by molar-refractivity contribution is 14.0. The fourth-order valence-corrected chi connectivity index (χ4v) is 4.28. The summed E-state index contributed by atoms with van der Waals surface area (Å²) in [5.74, 6) is 1.63. The summed E-state index contributed by atoms with van der Waals surface area (Å²) in [6.07, 6.45) is 1.80. The minimum Gasteiger partial charge on any atom is -0.367 e. The third kappa shape index (κ3) is 6.77. The molecule has 180 valence electrons. The van der Waals surface area contributed by atoms with Crippen molar-refractivity contribution in [2.24, 2.45) is 4.99 Å². The quantitative estimate of drug-likeness (QED) is 0.348. The van der Waals surface area contributed by atoms with E-state index in [1.165, 1.54) is 17.7 Å². The van der Waals surface area contributed by atoms with Gasteiger partial charge in [-0.1, -0.05) is 12.1 Å². The number of nitrogens with one attached hydrogen (secondary N) is 1. The zero-order valence-electron chi connectivity index (χ0n) is 19.6. The van der Waals surface area contributed by atoms with E-state index in [4.69, 9.17) is 4.74 Å². The number of nitrogens with zero attached hydrogens (tertiary/aromatic N) is 5. The van der Waals surface area contributed by atoms with Crippen LogP contribution in [0, 0.1) is 5.82 Å². The zero-order valence-corrected chi connectivity index (χ0v) is 21.9. The molecule has 3 heterocycles. The smallest absolute Gasteiger partial charge is 0.194 e. The van der Waals surface area contributed by atoms with Crippen LogP contribution < -0.4 is 10.2 Å². The van der Waals surface area contributed by atoms with Crippen LogP contribution in [0.25, 0.3) is 0 Å². The standard InChI is InChI=1S/C24H33FN6O.HI/c1-18-16-31(17-22(32-18)20-4-6-21(25)7-5-20)24(26-2)28-15-19-8-9-27-23(14-19)30-12-10-29(3)11-13-30;/h4-9,14,18,22H,10-13,15-17H2,1-3H3,(H,26,28);1H. The summed E-state index contributed by atoms with van der Waals surface area (Å²) in [5, 5.41) is 3.50. The summed E-state index contributed by atoms with van der Waals surface area (Å²) in [7, 11) is 3.96. The van der Waals surface area contributed by atoms with Gasteiger partial charge in [0, 0.05) is 52.5 Å². The molecule has 2 saturated heterocycles. The van der Waals surface area contributed by atoms with Gasteiger partial charge in [0.05, 0.1) is 12.6 Å². The SMILES string of the molecule is CN=C(NCc1ccnc(N2CCN(C)CC2)c1)N1CC(C)OC(c2ccc(F)cc2)C1.I. The Kier molecular flexibility index (Phi) is 9.27. The maximum atomic E-state index is 13.3. The van der Waals surface area contributed by atoms with Crippen LogP contribution in [-0.4, -0.2) is 80.2 Å². The van der Waals surface area contributed by atoms with Gasteiger partial charge in [0.15, 0.2) is 5.96 Å². The molecule has 0 spiro atoms. The number of piperazine rings is 1. The molecular formula is C24H34FIN6O. The van der Waals surface area contributed by atoms with Crippen molar-refractivity contribution in [1.82, 2.24) is 20.1 Å². The summed E-state index contributed by atoms with van der Waals surface area (Å²) < 4.78 is 19.5. The van der Waals surface area contributed by atoms with Gasteiger partial charge in [-0.05, 0) is 49.4 Å². The van der Waals surface area contributed by atoms with E-state index in [9.17, 15) is 4.39 Å². The van der Waals surface area contributed by atoms with Crippen molar-refractivity contribution >= 4 is 35.8 Å². The average Bonchev–Trinajstić information content (AvgIpc) is 2.80. The number of pyridine rings is 1. The second-order valence-electron chi connectivity index (χ2n) is 8.61. The minimum atomic E-state index is -0.236. The van der Waals surface area contributed by atoms with E-state index in [0.29, 0.717) is 13.1 Å². The fourth-order valence-electron chi connectivity index (χ4n) is 4.28. The third-order valence-corrected chi connectivity index (χ3v) is 6.10. The molecule has 0 bridgehead atoms. The molecule has 0 amide bonds. The van der Waals surface area contributed by atoms with E-state index in [2.05, 4.69) is 50.0 Å². The van der Waals surface area contributed by atoms with Crippen LogP contribution in [0.2, 0.25) is 0 Å². The number of aromatic nitrogens is 1. The van der Waals surface area contributed by atoms with Crippen molar-refractivity contribution in [3.05, 3.63) is 59.5 Å².